The Morgan fingerprint density at radius 1 is 0.632 bits per heavy atom. The van der Waals surface area contributed by atoms with Crippen LogP contribution in [0.4, 0.5) is 0 Å². The van der Waals surface area contributed by atoms with Crippen molar-refractivity contribution in [1.82, 2.24) is 19.5 Å². The van der Waals surface area contributed by atoms with Gasteiger partial charge in [0.25, 0.3) is 0 Å². The van der Waals surface area contributed by atoms with E-state index in [4.69, 9.17) is 15.0 Å². The second kappa shape index (κ2) is 20.6. The van der Waals surface area contributed by atoms with Gasteiger partial charge in [-0.15, -0.1) is 23.8 Å². The number of rotatable bonds is 10. The molecule has 0 aliphatic heterocycles. The van der Waals surface area contributed by atoms with Gasteiger partial charge in [0.15, 0.2) is 0 Å². The molecule has 0 fully saturated rings. The number of nitrogens with zero attached hydrogens (tertiary/aromatic N) is 4. The maximum absolute atomic E-state index is 5.25. The van der Waals surface area contributed by atoms with Crippen molar-refractivity contribution in [2.24, 2.45) is 5.92 Å². The second-order valence-corrected chi connectivity index (χ2v) is 31.5. The maximum atomic E-state index is 5.25. The molecule has 1 radical (unpaired) electrons. The van der Waals surface area contributed by atoms with Crippen molar-refractivity contribution in [1.29, 1.82) is 0 Å². The van der Waals surface area contributed by atoms with E-state index in [1.165, 1.54) is 64.5 Å². The Kier molecular flexibility index (Phi) is 14.8. The van der Waals surface area contributed by atoms with Gasteiger partial charge in [-0.2, -0.15) is 11.3 Å². The van der Waals surface area contributed by atoms with Gasteiger partial charge in [-0.1, -0.05) is 81.6 Å². The molecule has 0 amide bonds. The second-order valence-electron chi connectivity index (χ2n) is 19.9. The normalized spacial score (nSPS) is 11.7. The minimum absolute atomic E-state index is 0. The molecule has 0 saturated heterocycles. The van der Waals surface area contributed by atoms with Gasteiger partial charge in [0, 0.05) is 31.5 Å². The number of aromatic nitrogens is 4. The molecular weight excluding hydrogens is 1090 g/mol. The molecular formula is C61H60GeIrN4S-2. The minimum atomic E-state index is -1.93. The van der Waals surface area contributed by atoms with Crippen LogP contribution in [0.5, 0.6) is 0 Å². The number of hydrogen-bond acceptors (Lipinski definition) is 4. The summed E-state index contributed by atoms with van der Waals surface area (Å²) < 4.78 is 5.12. The fourth-order valence-corrected chi connectivity index (χ4v) is 13.6. The summed E-state index contributed by atoms with van der Waals surface area (Å²) in [6, 6.07) is 58.8. The zero-order valence-corrected chi connectivity index (χ0v) is 46.2. The monoisotopic (exact) mass is 1150 g/mol. The Balaban J connectivity index is 0.000000201. The summed E-state index contributed by atoms with van der Waals surface area (Å²) in [5.41, 5.74) is 16.5. The molecule has 4 aromatic heterocycles. The van der Waals surface area contributed by atoms with E-state index in [1.807, 2.05) is 13.0 Å². The Labute approximate surface area is 423 Å². The molecule has 4 nitrogen and oxygen atoms in total. The summed E-state index contributed by atoms with van der Waals surface area (Å²) in [4.78, 5) is 15.9. The van der Waals surface area contributed by atoms with Crippen LogP contribution in [0, 0.1) is 25.0 Å². The summed E-state index contributed by atoms with van der Waals surface area (Å²) in [6.45, 7) is 15.8. The van der Waals surface area contributed by atoms with Gasteiger partial charge < -0.3 is 4.57 Å². The summed E-state index contributed by atoms with van der Waals surface area (Å²) in [5, 5.41) is 2.39. The quantitative estimate of drug-likeness (QED) is 0.101. The van der Waals surface area contributed by atoms with E-state index < -0.39 is 13.3 Å². The van der Waals surface area contributed by atoms with Crippen molar-refractivity contribution >= 4 is 60.3 Å². The number of pyridine rings is 2. The van der Waals surface area contributed by atoms with E-state index in [1.54, 1.807) is 11.3 Å². The number of para-hydroxylation sites is 2. The van der Waals surface area contributed by atoms with Crippen molar-refractivity contribution in [3.63, 3.8) is 0 Å². The molecule has 68 heavy (non-hydrogen) atoms. The van der Waals surface area contributed by atoms with E-state index in [0.29, 0.717) is 17.8 Å². The third-order valence-corrected chi connectivity index (χ3v) is 18.0. The Bertz CT molecular complexity index is 3330. The van der Waals surface area contributed by atoms with Crippen LogP contribution in [0.2, 0.25) is 17.3 Å². The molecule has 0 spiro atoms. The molecule has 0 aliphatic carbocycles. The van der Waals surface area contributed by atoms with E-state index in [-0.39, 0.29) is 20.1 Å². The van der Waals surface area contributed by atoms with Crippen LogP contribution in [-0.2, 0) is 26.5 Å². The van der Waals surface area contributed by atoms with Gasteiger partial charge in [-0.05, 0) is 81.4 Å². The van der Waals surface area contributed by atoms with Crippen LogP contribution in [0.3, 0.4) is 0 Å². The van der Waals surface area contributed by atoms with Gasteiger partial charge in [0.1, 0.15) is 4.83 Å². The molecule has 7 heteroatoms. The number of benzene rings is 6. The molecule has 0 atom stereocenters. The Hall–Kier alpha value is -5.50. The number of fused-ring (bicyclic) bond motifs is 4. The van der Waals surface area contributed by atoms with Crippen molar-refractivity contribution in [2.75, 3.05) is 0 Å². The van der Waals surface area contributed by atoms with Crippen molar-refractivity contribution < 1.29 is 20.1 Å². The Morgan fingerprint density at radius 3 is 1.93 bits per heavy atom. The zero-order chi connectivity index (χ0) is 47.0. The first-order valence-electron chi connectivity index (χ1n) is 23.7. The molecule has 0 saturated carbocycles. The average Bonchev–Trinajstić information content (AvgIpc) is 3.89. The van der Waals surface area contributed by atoms with Gasteiger partial charge >= 0.3 is 161 Å². The maximum Gasteiger partial charge on any atom is 0.114 e. The number of aryl methyl sites for hydroxylation is 1. The molecule has 10 aromatic rings. The summed E-state index contributed by atoms with van der Waals surface area (Å²) >= 11 is -0.204. The SMILES string of the molecule is CC(C)Cc1cc(-c2[c-]ccc(-c3ccccc3)c2)nc[c]1[Ge]([CH3])([CH3])[CH3].Cc1ccc2c(n1)sc1c[c-]c(-c3nc4ccccc4n3-c3c(C(C)C)cc(-c4ccccc4)cc3C(C)C)cc12.[Ir]. The van der Waals surface area contributed by atoms with Crippen LogP contribution in [0.1, 0.15) is 75.8 Å². The average molecular weight is 1150 g/mol. The number of imidazole rings is 1. The third kappa shape index (κ3) is 10.3. The molecule has 0 N–H and O–H groups in total. The first-order chi connectivity index (χ1) is 32.2. The van der Waals surface area contributed by atoms with E-state index in [0.717, 1.165) is 50.6 Å². The fourth-order valence-electron chi connectivity index (χ4n) is 9.22. The first-order valence-corrected chi connectivity index (χ1v) is 31.9. The van der Waals surface area contributed by atoms with Crippen LogP contribution in [-0.4, -0.2) is 32.8 Å². The van der Waals surface area contributed by atoms with Gasteiger partial charge in [-0.3, -0.25) is 4.98 Å². The largest absolute Gasteiger partial charge is 0.333 e. The first kappa shape index (κ1) is 48.9. The van der Waals surface area contributed by atoms with Crippen LogP contribution in [0.25, 0.3) is 81.9 Å². The predicted molar refractivity (Wildman–Crippen MR) is 290 cm³/mol. The van der Waals surface area contributed by atoms with Crippen LogP contribution >= 0.6 is 11.3 Å². The van der Waals surface area contributed by atoms with Crippen LogP contribution in [0.15, 0.2) is 152 Å². The van der Waals surface area contributed by atoms with E-state index in [9.17, 15) is 0 Å². The fraction of sp³-hybridized carbons (Fsp3) is 0.230. The molecule has 0 bridgehead atoms. The van der Waals surface area contributed by atoms with Crippen LogP contribution < -0.4 is 4.40 Å². The van der Waals surface area contributed by atoms with E-state index >= 15 is 0 Å². The molecule has 6 aromatic carbocycles. The van der Waals surface area contributed by atoms with Gasteiger partial charge in [0.2, 0.25) is 0 Å². The number of hydrogen-bond donors (Lipinski definition) is 0. The third-order valence-electron chi connectivity index (χ3n) is 12.6. The Morgan fingerprint density at radius 2 is 1.28 bits per heavy atom. The molecule has 345 valence electrons. The smallest absolute Gasteiger partial charge is 0.114 e. The van der Waals surface area contributed by atoms with Gasteiger partial charge in [0.05, 0.1) is 16.9 Å². The van der Waals surface area contributed by atoms with Crippen molar-refractivity contribution in [3.05, 3.63) is 186 Å². The summed E-state index contributed by atoms with van der Waals surface area (Å²) in [6.07, 6.45) is 3.27. The van der Waals surface area contributed by atoms with E-state index in [2.05, 4.69) is 221 Å². The van der Waals surface area contributed by atoms with Crippen molar-refractivity contribution in [3.8, 4) is 50.6 Å². The standard InChI is InChI=1S/C37H32N3S.C24H28GeN.Ir/c1-22(2)29-20-27(25-11-7-6-8-12-25)21-30(23(3)4)35(29)40-33-14-10-9-13-32(33)39-36(40)26-16-18-34-31(19-26)28-17-15-24(5)38-37(28)41-34;1-18(2)14-22-16-24(26-17-23(22)25(3,4)5)21-13-9-12-20(15-21)19-10-7-6-8-11-19;/h6-15,17-23H,1-5H3;6-12,15-18H,14H2,1-5H3;/q2*-1;. The molecule has 0 unspecified atom stereocenters. The van der Waals surface area contributed by atoms with Gasteiger partial charge in [-0.25, -0.2) is 4.98 Å². The van der Waals surface area contributed by atoms with Crippen molar-refractivity contribution in [2.45, 2.75) is 84.0 Å². The molecule has 0 aliphatic rings. The zero-order valence-electron chi connectivity index (χ0n) is 40.9. The number of thiophene rings is 1. The topological polar surface area (TPSA) is 43.6 Å². The summed E-state index contributed by atoms with van der Waals surface area (Å²) in [5.74, 6) is 9.55. The minimum Gasteiger partial charge on any atom is -0.333 e. The molecule has 10 rings (SSSR count). The predicted octanol–water partition coefficient (Wildman–Crippen LogP) is 16.4. The molecule has 4 heterocycles. The summed E-state index contributed by atoms with van der Waals surface area (Å²) in [7, 11) is 0.